The summed E-state index contributed by atoms with van der Waals surface area (Å²) in [4.78, 5) is 35.6. The molecule has 0 aliphatic rings. The van der Waals surface area contributed by atoms with E-state index in [0.717, 1.165) is 17.7 Å². The zero-order valence-electron chi connectivity index (χ0n) is 16.2. The maximum atomic E-state index is 12.1. The quantitative estimate of drug-likeness (QED) is 0.200. The van der Waals surface area contributed by atoms with Crippen molar-refractivity contribution in [1.82, 2.24) is 15.6 Å². The lowest BCUT2D eigenvalue weighted by Gasteiger charge is -2.22. The van der Waals surface area contributed by atoms with E-state index in [9.17, 15) is 38.3 Å². The van der Waals surface area contributed by atoms with Crippen molar-refractivity contribution in [3.8, 4) is 0 Å². The molecule has 5 N–H and O–H groups in total. The van der Waals surface area contributed by atoms with Crippen LogP contribution in [0.4, 0.5) is 5.69 Å². The van der Waals surface area contributed by atoms with Gasteiger partial charge in [-0.3, -0.25) is 25.1 Å². The summed E-state index contributed by atoms with van der Waals surface area (Å²) >= 11 is 0. The Labute approximate surface area is 177 Å². The maximum absolute atomic E-state index is 12.1. The number of carbonyl (C=O) groups excluding carboxylic acids is 2. The van der Waals surface area contributed by atoms with E-state index in [1.165, 1.54) is 24.3 Å². The van der Waals surface area contributed by atoms with Crippen molar-refractivity contribution in [3.63, 3.8) is 0 Å². The van der Waals surface area contributed by atoms with Crippen LogP contribution in [0, 0.1) is 17.0 Å². The first-order valence-corrected chi connectivity index (χ1v) is 10.3. The lowest BCUT2D eigenvalue weighted by Crippen LogP contribution is -2.52. The van der Waals surface area contributed by atoms with E-state index in [1.54, 1.807) is 29.3 Å². The van der Waals surface area contributed by atoms with E-state index in [1.807, 2.05) is 0 Å². The van der Waals surface area contributed by atoms with Crippen LogP contribution >= 0.6 is 0 Å². The second-order valence-electron chi connectivity index (χ2n) is 6.43. The van der Waals surface area contributed by atoms with E-state index in [-0.39, 0.29) is 16.1 Å². The van der Waals surface area contributed by atoms with Gasteiger partial charge in [-0.25, -0.2) is 8.42 Å². The van der Waals surface area contributed by atoms with Crippen molar-refractivity contribution in [2.24, 2.45) is 0 Å². The minimum atomic E-state index is -4.13. The van der Waals surface area contributed by atoms with Crippen LogP contribution in [-0.2, 0) is 19.6 Å². The Bertz CT molecular complexity index is 1050. The minimum absolute atomic E-state index is 0.138. The molecule has 13 heteroatoms. The van der Waals surface area contributed by atoms with Crippen LogP contribution in [0.15, 0.2) is 53.4 Å². The number of non-ortho nitro benzene ring substituents is 1. The molecule has 0 unspecified atom stereocenters. The number of benzene rings is 2. The average molecular weight is 452 g/mol. The third-order valence-corrected chi connectivity index (χ3v) is 5.44. The standard InChI is InChI=1S/C18H20N4O8S/c1-11-2-8-14(9-3-11)31(29,30)21-20-18(26)17(25)19-15(10-23)16(24)12-4-6-13(7-5-12)22(27)28/h2-9,15-16,21,23-24H,10H2,1H3,(H,19,25)(H,20,26)/t15-,16-/m0/s1. The molecule has 0 heterocycles. The van der Waals surface area contributed by atoms with Crippen LogP contribution in [0.25, 0.3) is 0 Å². The molecule has 0 saturated heterocycles. The molecule has 0 aliphatic heterocycles. The highest BCUT2D eigenvalue weighted by molar-refractivity contribution is 7.89. The zero-order valence-corrected chi connectivity index (χ0v) is 17.0. The summed E-state index contributed by atoms with van der Waals surface area (Å²) in [6.45, 7) is 0.991. The normalized spacial score (nSPS) is 13.1. The highest BCUT2D eigenvalue weighted by Gasteiger charge is 2.26. The Balaban J connectivity index is 1.98. The van der Waals surface area contributed by atoms with Gasteiger partial charge in [-0.05, 0) is 36.8 Å². The summed E-state index contributed by atoms with van der Waals surface area (Å²) < 4.78 is 24.3. The SMILES string of the molecule is Cc1ccc(S(=O)(=O)NNC(=O)C(=O)N[C@@H](CO)[C@@H](O)c2ccc([N+](=O)[O-])cc2)cc1. The molecule has 2 aromatic carbocycles. The Morgan fingerprint density at radius 2 is 1.65 bits per heavy atom. The Kier molecular flexibility index (Phi) is 7.77. The van der Waals surface area contributed by atoms with Crippen LogP contribution in [0.3, 0.4) is 0 Å². The smallest absolute Gasteiger partial charge is 0.324 e. The second-order valence-corrected chi connectivity index (χ2v) is 8.11. The number of hydrogen-bond acceptors (Lipinski definition) is 8. The lowest BCUT2D eigenvalue weighted by atomic mass is 10.0. The van der Waals surface area contributed by atoms with Crippen molar-refractivity contribution in [2.45, 2.75) is 24.0 Å². The predicted octanol–water partition coefficient (Wildman–Crippen LogP) is -0.577. The Morgan fingerprint density at radius 3 is 2.16 bits per heavy atom. The lowest BCUT2D eigenvalue weighted by molar-refractivity contribution is -0.384. The number of hydrogen-bond donors (Lipinski definition) is 5. The number of nitrogens with zero attached hydrogens (tertiary/aromatic N) is 1. The number of hydrazine groups is 1. The van der Waals surface area contributed by atoms with Crippen LogP contribution < -0.4 is 15.6 Å². The van der Waals surface area contributed by atoms with E-state index in [0.29, 0.717) is 0 Å². The number of nitro benzene ring substituents is 1. The number of aliphatic hydroxyl groups is 2. The molecule has 0 radical (unpaired) electrons. The van der Waals surface area contributed by atoms with Crippen molar-refractivity contribution in [2.75, 3.05) is 6.61 Å². The molecule has 2 atom stereocenters. The van der Waals surface area contributed by atoms with E-state index >= 15 is 0 Å². The molecule has 2 amide bonds. The molecule has 31 heavy (non-hydrogen) atoms. The molecule has 0 fully saturated rings. The molecule has 0 spiro atoms. The Hall–Kier alpha value is -3.39. The van der Waals surface area contributed by atoms with Gasteiger partial charge >= 0.3 is 11.8 Å². The number of aryl methyl sites for hydroxylation is 1. The average Bonchev–Trinajstić information content (AvgIpc) is 2.75. The summed E-state index contributed by atoms with van der Waals surface area (Å²) in [5.74, 6) is -2.71. The van der Waals surface area contributed by atoms with Gasteiger partial charge in [0.15, 0.2) is 0 Å². The van der Waals surface area contributed by atoms with Crippen LogP contribution in [0.5, 0.6) is 0 Å². The summed E-state index contributed by atoms with van der Waals surface area (Å²) in [5.41, 5.74) is 2.48. The fourth-order valence-corrected chi connectivity index (χ4v) is 3.27. The number of aliphatic hydroxyl groups excluding tert-OH is 2. The van der Waals surface area contributed by atoms with Gasteiger partial charge in [0, 0.05) is 12.1 Å². The van der Waals surface area contributed by atoms with Gasteiger partial charge in [-0.1, -0.05) is 17.7 Å². The van der Waals surface area contributed by atoms with Gasteiger partial charge in [0.2, 0.25) is 0 Å². The molecule has 0 aliphatic carbocycles. The molecule has 12 nitrogen and oxygen atoms in total. The number of nitrogens with one attached hydrogen (secondary N) is 3. The predicted molar refractivity (Wildman–Crippen MR) is 107 cm³/mol. The van der Waals surface area contributed by atoms with Gasteiger partial charge in [0.1, 0.15) is 6.10 Å². The molecule has 2 rings (SSSR count). The first-order chi connectivity index (χ1) is 14.5. The molecule has 0 saturated carbocycles. The first-order valence-electron chi connectivity index (χ1n) is 8.77. The minimum Gasteiger partial charge on any atom is -0.394 e. The fourth-order valence-electron chi connectivity index (χ4n) is 2.43. The zero-order chi connectivity index (χ0) is 23.2. The summed E-state index contributed by atoms with van der Waals surface area (Å²) in [6.07, 6.45) is -1.49. The van der Waals surface area contributed by atoms with Crippen molar-refractivity contribution < 1.29 is 33.1 Å². The fraction of sp³-hybridized carbons (Fsp3) is 0.222. The van der Waals surface area contributed by atoms with Crippen LogP contribution in [-0.4, -0.2) is 48.0 Å². The van der Waals surface area contributed by atoms with Gasteiger partial charge in [-0.15, -0.1) is 4.83 Å². The number of rotatable bonds is 8. The monoisotopic (exact) mass is 452 g/mol. The largest absolute Gasteiger partial charge is 0.394 e. The summed E-state index contributed by atoms with van der Waals surface area (Å²) in [5, 5.41) is 32.5. The summed E-state index contributed by atoms with van der Waals surface area (Å²) in [7, 11) is -4.13. The third-order valence-electron chi connectivity index (χ3n) is 4.18. The Morgan fingerprint density at radius 1 is 1.06 bits per heavy atom. The molecule has 166 valence electrons. The van der Waals surface area contributed by atoms with Crippen molar-refractivity contribution >= 4 is 27.5 Å². The second kappa shape index (κ2) is 10.1. The third kappa shape index (κ3) is 6.29. The van der Waals surface area contributed by atoms with E-state index in [2.05, 4.69) is 5.32 Å². The van der Waals surface area contributed by atoms with Gasteiger partial charge in [0.25, 0.3) is 15.7 Å². The number of carbonyl (C=O) groups is 2. The highest BCUT2D eigenvalue weighted by Crippen LogP contribution is 2.20. The molecule has 0 bridgehead atoms. The first kappa shape index (κ1) is 23.9. The van der Waals surface area contributed by atoms with Gasteiger partial charge in [-0.2, -0.15) is 0 Å². The van der Waals surface area contributed by atoms with Gasteiger partial charge in [0.05, 0.1) is 22.5 Å². The highest BCUT2D eigenvalue weighted by atomic mass is 32.2. The van der Waals surface area contributed by atoms with Crippen molar-refractivity contribution in [3.05, 3.63) is 69.8 Å². The molecule has 2 aromatic rings. The van der Waals surface area contributed by atoms with Gasteiger partial charge < -0.3 is 15.5 Å². The van der Waals surface area contributed by atoms with E-state index in [4.69, 9.17) is 0 Å². The molecular weight excluding hydrogens is 432 g/mol. The maximum Gasteiger partial charge on any atom is 0.324 e. The van der Waals surface area contributed by atoms with Crippen LogP contribution in [0.1, 0.15) is 17.2 Å². The topological polar surface area (TPSA) is 188 Å². The number of nitro groups is 1. The van der Waals surface area contributed by atoms with Crippen molar-refractivity contribution in [1.29, 1.82) is 0 Å². The molecular formula is C18H20N4O8S. The summed E-state index contributed by atoms with van der Waals surface area (Å²) in [6, 6.07) is 9.10. The van der Waals surface area contributed by atoms with Crippen LogP contribution in [0.2, 0.25) is 0 Å². The van der Waals surface area contributed by atoms with E-state index < -0.39 is 45.5 Å². The number of amides is 2. The molecule has 0 aromatic heterocycles. The number of sulfonamides is 1.